The molecule has 96 valence electrons. The SMILES string of the molecule is Cc1cnn(C[C@@H](C)NC[C@H]2CCCCO2)c1. The lowest BCUT2D eigenvalue weighted by Crippen LogP contribution is -2.38. The fraction of sp³-hybridized carbons (Fsp3) is 0.769. The molecule has 4 nitrogen and oxygen atoms in total. The molecule has 2 atom stereocenters. The summed E-state index contributed by atoms with van der Waals surface area (Å²) in [6.45, 7) is 7.07. The molecule has 4 heteroatoms. The van der Waals surface area contributed by atoms with Gasteiger partial charge in [-0.15, -0.1) is 0 Å². The second kappa shape index (κ2) is 6.17. The van der Waals surface area contributed by atoms with Crippen molar-refractivity contribution in [2.24, 2.45) is 0 Å². The molecular weight excluding hydrogens is 214 g/mol. The van der Waals surface area contributed by atoms with Gasteiger partial charge < -0.3 is 10.1 Å². The fourth-order valence-corrected chi connectivity index (χ4v) is 2.21. The van der Waals surface area contributed by atoms with E-state index in [1.165, 1.54) is 24.8 Å². The van der Waals surface area contributed by atoms with E-state index < -0.39 is 0 Å². The molecule has 0 spiro atoms. The topological polar surface area (TPSA) is 39.1 Å². The summed E-state index contributed by atoms with van der Waals surface area (Å²) in [6, 6.07) is 0.430. The van der Waals surface area contributed by atoms with Gasteiger partial charge in [0.2, 0.25) is 0 Å². The number of ether oxygens (including phenoxy) is 1. The van der Waals surface area contributed by atoms with Crippen molar-refractivity contribution in [1.29, 1.82) is 0 Å². The molecule has 0 saturated carbocycles. The Hall–Kier alpha value is -0.870. The average Bonchev–Trinajstić information content (AvgIpc) is 2.73. The van der Waals surface area contributed by atoms with E-state index in [4.69, 9.17) is 4.74 Å². The highest BCUT2D eigenvalue weighted by Gasteiger charge is 2.14. The minimum absolute atomic E-state index is 0.408. The lowest BCUT2D eigenvalue weighted by molar-refractivity contribution is 0.0153. The Morgan fingerprint density at radius 1 is 1.59 bits per heavy atom. The summed E-state index contributed by atoms with van der Waals surface area (Å²) in [6.07, 6.45) is 8.11. The molecule has 2 heterocycles. The first kappa shape index (κ1) is 12.6. The van der Waals surface area contributed by atoms with Crippen molar-refractivity contribution in [2.45, 2.75) is 51.8 Å². The average molecular weight is 237 g/mol. The van der Waals surface area contributed by atoms with Crippen molar-refractivity contribution in [3.63, 3.8) is 0 Å². The van der Waals surface area contributed by atoms with E-state index in [1.54, 1.807) is 0 Å². The van der Waals surface area contributed by atoms with E-state index in [2.05, 4.69) is 30.5 Å². The Morgan fingerprint density at radius 2 is 2.47 bits per heavy atom. The van der Waals surface area contributed by atoms with Gasteiger partial charge in [-0.05, 0) is 38.7 Å². The third-order valence-electron chi connectivity index (χ3n) is 3.19. The summed E-state index contributed by atoms with van der Waals surface area (Å²) in [4.78, 5) is 0. The lowest BCUT2D eigenvalue weighted by atomic mass is 10.1. The van der Waals surface area contributed by atoms with Crippen molar-refractivity contribution in [1.82, 2.24) is 15.1 Å². The highest BCUT2D eigenvalue weighted by atomic mass is 16.5. The van der Waals surface area contributed by atoms with Gasteiger partial charge in [-0.25, -0.2) is 0 Å². The second-order valence-corrected chi connectivity index (χ2v) is 5.04. The van der Waals surface area contributed by atoms with E-state index in [-0.39, 0.29) is 0 Å². The van der Waals surface area contributed by atoms with Crippen LogP contribution in [0, 0.1) is 6.92 Å². The van der Waals surface area contributed by atoms with Crippen LogP contribution in [0.4, 0.5) is 0 Å². The Balaban J connectivity index is 1.68. The van der Waals surface area contributed by atoms with Crippen molar-refractivity contribution in [3.8, 4) is 0 Å². The fourth-order valence-electron chi connectivity index (χ4n) is 2.21. The lowest BCUT2D eigenvalue weighted by Gasteiger charge is -2.24. The number of rotatable bonds is 5. The van der Waals surface area contributed by atoms with Gasteiger partial charge >= 0.3 is 0 Å². The van der Waals surface area contributed by atoms with Crippen LogP contribution < -0.4 is 5.32 Å². The number of nitrogens with zero attached hydrogens (tertiary/aromatic N) is 2. The Bertz CT molecular complexity index is 331. The molecule has 1 saturated heterocycles. The van der Waals surface area contributed by atoms with Gasteiger partial charge in [-0.2, -0.15) is 5.10 Å². The molecule has 17 heavy (non-hydrogen) atoms. The smallest absolute Gasteiger partial charge is 0.0699 e. The first-order valence-corrected chi connectivity index (χ1v) is 6.58. The normalized spacial score (nSPS) is 22.6. The zero-order chi connectivity index (χ0) is 12.1. The van der Waals surface area contributed by atoms with Gasteiger partial charge in [0, 0.05) is 25.4 Å². The highest BCUT2D eigenvalue weighted by Crippen LogP contribution is 2.11. The maximum Gasteiger partial charge on any atom is 0.0699 e. The molecule has 0 aliphatic carbocycles. The molecule has 0 unspecified atom stereocenters. The highest BCUT2D eigenvalue weighted by molar-refractivity contribution is 4.99. The number of nitrogens with one attached hydrogen (secondary N) is 1. The van der Waals surface area contributed by atoms with Gasteiger partial charge in [-0.1, -0.05) is 0 Å². The summed E-state index contributed by atoms with van der Waals surface area (Å²) in [5, 5.41) is 7.82. The minimum atomic E-state index is 0.408. The maximum atomic E-state index is 5.70. The van der Waals surface area contributed by atoms with Crippen LogP contribution in [0.25, 0.3) is 0 Å². The largest absolute Gasteiger partial charge is 0.377 e. The summed E-state index contributed by atoms with van der Waals surface area (Å²) < 4.78 is 7.69. The maximum absolute atomic E-state index is 5.70. The van der Waals surface area contributed by atoms with Crippen LogP contribution in [0.3, 0.4) is 0 Å². The third kappa shape index (κ3) is 4.13. The monoisotopic (exact) mass is 237 g/mol. The molecule has 1 fully saturated rings. The molecule has 1 aliphatic rings. The molecule has 2 rings (SSSR count). The number of hydrogen-bond donors (Lipinski definition) is 1. The summed E-state index contributed by atoms with van der Waals surface area (Å²) in [5.74, 6) is 0. The Morgan fingerprint density at radius 3 is 3.12 bits per heavy atom. The first-order chi connectivity index (χ1) is 8.24. The second-order valence-electron chi connectivity index (χ2n) is 5.04. The van der Waals surface area contributed by atoms with Gasteiger partial charge in [0.15, 0.2) is 0 Å². The zero-order valence-corrected chi connectivity index (χ0v) is 10.9. The Labute approximate surface area is 103 Å². The predicted molar refractivity (Wildman–Crippen MR) is 68.0 cm³/mol. The van der Waals surface area contributed by atoms with Gasteiger partial charge in [0.05, 0.1) is 18.8 Å². The van der Waals surface area contributed by atoms with Crippen molar-refractivity contribution in [2.75, 3.05) is 13.2 Å². The van der Waals surface area contributed by atoms with Crippen LogP contribution in [0.5, 0.6) is 0 Å². The molecule has 1 N–H and O–H groups in total. The minimum Gasteiger partial charge on any atom is -0.377 e. The van der Waals surface area contributed by atoms with Crippen LogP contribution in [-0.4, -0.2) is 35.1 Å². The van der Waals surface area contributed by atoms with Crippen molar-refractivity contribution < 1.29 is 4.74 Å². The number of aromatic nitrogens is 2. The summed E-state index contributed by atoms with van der Waals surface area (Å²) in [7, 11) is 0. The quantitative estimate of drug-likeness (QED) is 0.848. The Kier molecular flexibility index (Phi) is 4.57. The third-order valence-corrected chi connectivity index (χ3v) is 3.19. The van der Waals surface area contributed by atoms with E-state index >= 15 is 0 Å². The number of hydrogen-bond acceptors (Lipinski definition) is 3. The van der Waals surface area contributed by atoms with E-state index in [0.29, 0.717) is 12.1 Å². The molecular formula is C13H23N3O. The van der Waals surface area contributed by atoms with E-state index in [1.807, 2.05) is 10.9 Å². The zero-order valence-electron chi connectivity index (χ0n) is 10.9. The van der Waals surface area contributed by atoms with Crippen LogP contribution >= 0.6 is 0 Å². The molecule has 1 aliphatic heterocycles. The van der Waals surface area contributed by atoms with E-state index in [0.717, 1.165) is 19.7 Å². The predicted octanol–water partition coefficient (Wildman–Crippen LogP) is 1.74. The summed E-state index contributed by atoms with van der Waals surface area (Å²) >= 11 is 0. The van der Waals surface area contributed by atoms with Crippen LogP contribution in [0.15, 0.2) is 12.4 Å². The van der Waals surface area contributed by atoms with Gasteiger partial charge in [0.1, 0.15) is 0 Å². The molecule has 0 amide bonds. The van der Waals surface area contributed by atoms with Crippen molar-refractivity contribution >= 4 is 0 Å². The summed E-state index contributed by atoms with van der Waals surface area (Å²) in [5.41, 5.74) is 1.22. The first-order valence-electron chi connectivity index (χ1n) is 6.58. The van der Waals surface area contributed by atoms with Crippen molar-refractivity contribution in [3.05, 3.63) is 18.0 Å². The molecule has 1 aromatic heterocycles. The molecule has 0 bridgehead atoms. The van der Waals surface area contributed by atoms with Gasteiger partial charge in [0.25, 0.3) is 0 Å². The van der Waals surface area contributed by atoms with Crippen LogP contribution in [0.1, 0.15) is 31.7 Å². The van der Waals surface area contributed by atoms with E-state index in [9.17, 15) is 0 Å². The van der Waals surface area contributed by atoms with Gasteiger partial charge in [-0.3, -0.25) is 4.68 Å². The molecule has 0 aromatic carbocycles. The van der Waals surface area contributed by atoms with Crippen LogP contribution in [-0.2, 0) is 11.3 Å². The molecule has 1 aromatic rings. The molecule has 0 radical (unpaired) electrons. The van der Waals surface area contributed by atoms with Crippen LogP contribution in [0.2, 0.25) is 0 Å². The standard InChI is InChI=1S/C13H23N3O/c1-11-7-15-16(9-11)10-12(2)14-8-13-5-3-4-6-17-13/h7,9,12-14H,3-6,8,10H2,1-2H3/t12-,13-/m1/s1. The number of aryl methyl sites for hydroxylation is 1.